The third-order valence-electron chi connectivity index (χ3n) is 2.98. The van der Waals surface area contributed by atoms with Gasteiger partial charge in [0.25, 0.3) is 5.91 Å². The van der Waals surface area contributed by atoms with Gasteiger partial charge in [-0.25, -0.2) is 0 Å². The molecule has 1 atom stereocenters. The van der Waals surface area contributed by atoms with E-state index in [4.69, 9.17) is 14.3 Å². The highest BCUT2D eigenvalue weighted by molar-refractivity contribution is 5.92. The fraction of sp³-hybridized carbons (Fsp3) is 0.500. The average molecular weight is 253 g/mol. The third-order valence-corrected chi connectivity index (χ3v) is 2.98. The molecule has 0 unspecified atom stereocenters. The number of nitrogens with zero attached hydrogens (tertiary/aromatic N) is 1. The van der Waals surface area contributed by atoms with Crippen LogP contribution in [-0.2, 0) is 16.1 Å². The molecule has 98 valence electrons. The molecule has 1 saturated heterocycles. The van der Waals surface area contributed by atoms with Crippen molar-refractivity contribution in [3.8, 4) is 0 Å². The summed E-state index contributed by atoms with van der Waals surface area (Å²) in [7, 11) is 1.54. The van der Waals surface area contributed by atoms with Gasteiger partial charge in [0.15, 0.2) is 5.76 Å². The van der Waals surface area contributed by atoms with Crippen LogP contribution in [0.2, 0.25) is 0 Å². The molecule has 1 aliphatic rings. The van der Waals surface area contributed by atoms with Crippen molar-refractivity contribution in [3.63, 3.8) is 0 Å². The first-order chi connectivity index (χ1) is 8.61. The smallest absolute Gasteiger partial charge is 0.308 e. The van der Waals surface area contributed by atoms with E-state index < -0.39 is 11.9 Å². The lowest BCUT2D eigenvalue weighted by molar-refractivity contribution is -0.141. The Morgan fingerprint density at radius 3 is 2.94 bits per heavy atom. The Kier molecular flexibility index (Phi) is 3.66. The second kappa shape index (κ2) is 5.22. The molecule has 18 heavy (non-hydrogen) atoms. The molecule has 2 heterocycles. The van der Waals surface area contributed by atoms with Gasteiger partial charge in [-0.1, -0.05) is 0 Å². The number of carboxylic acids is 1. The quantitative estimate of drug-likeness (QED) is 0.864. The number of methoxy groups -OCH3 is 1. The second-order valence-corrected chi connectivity index (χ2v) is 4.27. The van der Waals surface area contributed by atoms with E-state index in [2.05, 4.69) is 0 Å². The zero-order chi connectivity index (χ0) is 13.1. The van der Waals surface area contributed by atoms with Crippen molar-refractivity contribution in [1.29, 1.82) is 0 Å². The van der Waals surface area contributed by atoms with Crippen LogP contribution in [0, 0.1) is 5.92 Å². The highest BCUT2D eigenvalue weighted by Gasteiger charge is 2.32. The topological polar surface area (TPSA) is 80.0 Å². The Morgan fingerprint density at radius 1 is 1.56 bits per heavy atom. The van der Waals surface area contributed by atoms with Gasteiger partial charge in [-0.15, -0.1) is 0 Å². The molecule has 1 aliphatic heterocycles. The number of furan rings is 1. The van der Waals surface area contributed by atoms with Crippen molar-refractivity contribution in [1.82, 2.24) is 4.90 Å². The molecule has 1 aromatic rings. The number of carbonyl (C=O) groups is 2. The van der Waals surface area contributed by atoms with Gasteiger partial charge in [0.05, 0.1) is 5.92 Å². The molecule has 0 radical (unpaired) electrons. The minimum atomic E-state index is -0.857. The van der Waals surface area contributed by atoms with Gasteiger partial charge in [0.1, 0.15) is 12.4 Å². The normalized spacial score (nSPS) is 19.2. The van der Waals surface area contributed by atoms with Crippen molar-refractivity contribution in [3.05, 3.63) is 23.7 Å². The van der Waals surface area contributed by atoms with Crippen LogP contribution in [-0.4, -0.2) is 42.1 Å². The van der Waals surface area contributed by atoms with Gasteiger partial charge >= 0.3 is 5.97 Å². The summed E-state index contributed by atoms with van der Waals surface area (Å²) in [6, 6.07) is 3.27. The maximum Gasteiger partial charge on any atom is 0.308 e. The van der Waals surface area contributed by atoms with E-state index in [1.807, 2.05) is 0 Å². The van der Waals surface area contributed by atoms with Crippen LogP contribution in [0.4, 0.5) is 0 Å². The maximum absolute atomic E-state index is 12.0. The molecule has 1 N–H and O–H groups in total. The van der Waals surface area contributed by atoms with Crippen molar-refractivity contribution in [2.24, 2.45) is 5.92 Å². The largest absolute Gasteiger partial charge is 0.481 e. The highest BCUT2D eigenvalue weighted by atomic mass is 16.5. The van der Waals surface area contributed by atoms with Crippen molar-refractivity contribution in [2.75, 3.05) is 20.2 Å². The summed E-state index contributed by atoms with van der Waals surface area (Å²) >= 11 is 0. The van der Waals surface area contributed by atoms with Crippen LogP contribution in [0.15, 0.2) is 16.5 Å². The Labute approximate surface area is 104 Å². The molecule has 0 saturated carbocycles. The first-order valence-corrected chi connectivity index (χ1v) is 5.71. The Balaban J connectivity index is 2.01. The van der Waals surface area contributed by atoms with Gasteiger partial charge in [-0.2, -0.15) is 0 Å². The van der Waals surface area contributed by atoms with Crippen LogP contribution in [0.25, 0.3) is 0 Å². The summed E-state index contributed by atoms with van der Waals surface area (Å²) in [5, 5.41) is 8.88. The maximum atomic E-state index is 12.0. The number of amides is 1. The molecule has 0 spiro atoms. The number of hydrogen-bond acceptors (Lipinski definition) is 4. The molecule has 1 amide bonds. The monoisotopic (exact) mass is 253 g/mol. The Hall–Kier alpha value is -1.82. The molecule has 1 aromatic heterocycles. The summed E-state index contributed by atoms with van der Waals surface area (Å²) < 4.78 is 10.2. The van der Waals surface area contributed by atoms with Crippen LogP contribution in [0.3, 0.4) is 0 Å². The number of rotatable bonds is 4. The van der Waals surface area contributed by atoms with Gasteiger partial charge in [-0.3, -0.25) is 9.59 Å². The van der Waals surface area contributed by atoms with Crippen molar-refractivity contribution < 1.29 is 23.8 Å². The molecule has 0 bridgehead atoms. The third kappa shape index (κ3) is 2.53. The van der Waals surface area contributed by atoms with E-state index in [-0.39, 0.29) is 18.2 Å². The summed E-state index contributed by atoms with van der Waals surface area (Å²) in [6.07, 6.45) is 0.493. The number of hydrogen-bond donors (Lipinski definition) is 1. The average Bonchev–Trinajstić information content (AvgIpc) is 2.97. The van der Waals surface area contributed by atoms with E-state index >= 15 is 0 Å². The minimum absolute atomic E-state index is 0.230. The fourth-order valence-electron chi connectivity index (χ4n) is 2.01. The molecule has 0 aromatic carbocycles. The fourth-order valence-corrected chi connectivity index (χ4v) is 2.01. The predicted molar refractivity (Wildman–Crippen MR) is 61.1 cm³/mol. The zero-order valence-electron chi connectivity index (χ0n) is 10.1. The summed E-state index contributed by atoms with van der Waals surface area (Å²) in [6.45, 7) is 1.01. The molecular formula is C12H15NO5. The number of carboxylic acid groups (broad SMARTS) is 1. The number of carbonyl (C=O) groups excluding carboxylic acids is 1. The number of aliphatic carboxylic acids is 1. The summed E-state index contributed by atoms with van der Waals surface area (Å²) in [4.78, 5) is 24.4. The molecule has 6 nitrogen and oxygen atoms in total. The SMILES string of the molecule is COCc1ccc(C(=O)N2CC[C@H](C(=O)O)C2)o1. The van der Waals surface area contributed by atoms with Crippen molar-refractivity contribution >= 4 is 11.9 Å². The first-order valence-electron chi connectivity index (χ1n) is 5.71. The van der Waals surface area contributed by atoms with Crippen LogP contribution < -0.4 is 0 Å². The second-order valence-electron chi connectivity index (χ2n) is 4.27. The standard InChI is InChI=1S/C12H15NO5/c1-17-7-9-2-3-10(18-9)11(14)13-5-4-8(6-13)12(15)16/h2-3,8H,4-7H2,1H3,(H,15,16)/t8-/m0/s1. The van der Waals surface area contributed by atoms with E-state index in [0.29, 0.717) is 25.3 Å². The van der Waals surface area contributed by atoms with E-state index in [9.17, 15) is 9.59 Å². The summed E-state index contributed by atoms with van der Waals surface area (Å²) in [5.41, 5.74) is 0. The minimum Gasteiger partial charge on any atom is -0.481 e. The Bertz CT molecular complexity index is 453. The lowest BCUT2D eigenvalue weighted by Crippen LogP contribution is -2.29. The van der Waals surface area contributed by atoms with Gasteiger partial charge in [-0.05, 0) is 18.6 Å². The van der Waals surface area contributed by atoms with E-state index in [1.54, 1.807) is 19.2 Å². The highest BCUT2D eigenvalue weighted by Crippen LogP contribution is 2.20. The van der Waals surface area contributed by atoms with Gasteiger partial charge < -0.3 is 19.2 Å². The predicted octanol–water partition coefficient (Wildman–Crippen LogP) is 0.973. The van der Waals surface area contributed by atoms with Crippen LogP contribution >= 0.6 is 0 Å². The lowest BCUT2D eigenvalue weighted by atomic mass is 10.1. The van der Waals surface area contributed by atoms with E-state index in [0.717, 1.165) is 0 Å². The molecular weight excluding hydrogens is 238 g/mol. The molecule has 6 heteroatoms. The molecule has 1 fully saturated rings. The number of ether oxygens (including phenoxy) is 1. The zero-order valence-corrected chi connectivity index (χ0v) is 10.1. The number of likely N-dealkylation sites (tertiary alicyclic amines) is 1. The van der Waals surface area contributed by atoms with Gasteiger partial charge in [0.2, 0.25) is 0 Å². The van der Waals surface area contributed by atoms with Crippen LogP contribution in [0.1, 0.15) is 22.7 Å². The van der Waals surface area contributed by atoms with Gasteiger partial charge in [0, 0.05) is 20.2 Å². The molecule has 0 aliphatic carbocycles. The molecule has 2 rings (SSSR count). The first kappa shape index (κ1) is 12.6. The van der Waals surface area contributed by atoms with Crippen LogP contribution in [0.5, 0.6) is 0 Å². The van der Waals surface area contributed by atoms with E-state index in [1.165, 1.54) is 4.90 Å². The summed E-state index contributed by atoms with van der Waals surface area (Å²) in [5.74, 6) is -0.781. The Morgan fingerprint density at radius 2 is 2.33 bits per heavy atom. The lowest BCUT2D eigenvalue weighted by Gasteiger charge is -2.13. The van der Waals surface area contributed by atoms with Crippen molar-refractivity contribution in [2.45, 2.75) is 13.0 Å².